The van der Waals surface area contributed by atoms with Gasteiger partial charge in [0.15, 0.2) is 0 Å². The Balaban J connectivity index is 2.45. The number of carbonyl (C=O) groups is 1. The van der Waals surface area contributed by atoms with Crippen molar-refractivity contribution in [2.24, 2.45) is 0 Å². The molecule has 0 saturated carbocycles. The molecule has 0 spiro atoms. The molecule has 1 atom stereocenters. The van der Waals surface area contributed by atoms with Crippen molar-refractivity contribution in [2.45, 2.75) is 12.8 Å². The molecule has 0 saturated heterocycles. The maximum Gasteiger partial charge on any atom is 0.312 e. The average Bonchev–Trinajstić information content (AvgIpc) is 2.44. The first-order valence-electron chi connectivity index (χ1n) is 5.81. The maximum atomic E-state index is 11.5. The molecule has 0 unspecified atom stereocenters. The standard InChI is InChI=1S/C15H16O3/c1-10(15(16)18-3)12-5-4-11-6-7-14(17-2)9-13(11)8-12/h4-10H,1-3H3/t10-/m0/s1. The zero-order valence-electron chi connectivity index (χ0n) is 10.8. The van der Waals surface area contributed by atoms with Crippen LogP contribution in [0.3, 0.4) is 0 Å². The van der Waals surface area contributed by atoms with E-state index in [2.05, 4.69) is 0 Å². The first-order chi connectivity index (χ1) is 8.65. The van der Waals surface area contributed by atoms with E-state index in [0.717, 1.165) is 22.1 Å². The topological polar surface area (TPSA) is 35.5 Å². The van der Waals surface area contributed by atoms with E-state index in [1.807, 2.05) is 43.3 Å². The molecule has 0 fully saturated rings. The largest absolute Gasteiger partial charge is 0.497 e. The van der Waals surface area contributed by atoms with Gasteiger partial charge >= 0.3 is 5.97 Å². The number of hydrogen-bond acceptors (Lipinski definition) is 3. The molecule has 0 radical (unpaired) electrons. The van der Waals surface area contributed by atoms with Crippen molar-refractivity contribution < 1.29 is 14.3 Å². The molecule has 0 amide bonds. The van der Waals surface area contributed by atoms with Gasteiger partial charge < -0.3 is 9.47 Å². The number of benzene rings is 2. The number of methoxy groups -OCH3 is 2. The highest BCUT2D eigenvalue weighted by molar-refractivity contribution is 5.86. The van der Waals surface area contributed by atoms with E-state index in [0.29, 0.717) is 0 Å². The van der Waals surface area contributed by atoms with Crippen molar-refractivity contribution in [2.75, 3.05) is 14.2 Å². The molecule has 0 N–H and O–H groups in total. The minimum absolute atomic E-state index is 0.225. The smallest absolute Gasteiger partial charge is 0.312 e. The highest BCUT2D eigenvalue weighted by Crippen LogP contribution is 2.25. The van der Waals surface area contributed by atoms with Crippen LogP contribution in [0, 0.1) is 0 Å². The van der Waals surface area contributed by atoms with E-state index in [4.69, 9.17) is 9.47 Å². The molecule has 18 heavy (non-hydrogen) atoms. The lowest BCUT2D eigenvalue weighted by Crippen LogP contribution is -2.10. The monoisotopic (exact) mass is 244 g/mol. The van der Waals surface area contributed by atoms with E-state index in [-0.39, 0.29) is 11.9 Å². The average molecular weight is 244 g/mol. The zero-order valence-corrected chi connectivity index (χ0v) is 10.8. The van der Waals surface area contributed by atoms with Gasteiger partial charge in [-0.3, -0.25) is 4.79 Å². The van der Waals surface area contributed by atoms with Crippen LogP contribution in [0.15, 0.2) is 36.4 Å². The van der Waals surface area contributed by atoms with Gasteiger partial charge in [-0.05, 0) is 35.4 Å². The van der Waals surface area contributed by atoms with Gasteiger partial charge in [0.25, 0.3) is 0 Å². The van der Waals surface area contributed by atoms with Crippen LogP contribution in [0.1, 0.15) is 18.4 Å². The van der Waals surface area contributed by atoms with Crippen LogP contribution in [0.25, 0.3) is 10.8 Å². The summed E-state index contributed by atoms with van der Waals surface area (Å²) in [5.41, 5.74) is 0.947. The Bertz CT molecular complexity index is 575. The molecule has 0 aromatic heterocycles. The van der Waals surface area contributed by atoms with Crippen molar-refractivity contribution in [3.63, 3.8) is 0 Å². The summed E-state index contributed by atoms with van der Waals surface area (Å²) in [7, 11) is 3.05. The molecule has 94 valence electrons. The van der Waals surface area contributed by atoms with Crippen LogP contribution >= 0.6 is 0 Å². The summed E-state index contributed by atoms with van der Waals surface area (Å²) in [6.07, 6.45) is 0. The van der Waals surface area contributed by atoms with Crippen molar-refractivity contribution in [1.29, 1.82) is 0 Å². The third kappa shape index (κ3) is 2.30. The van der Waals surface area contributed by atoms with E-state index >= 15 is 0 Å². The van der Waals surface area contributed by atoms with Gasteiger partial charge in [0.05, 0.1) is 20.1 Å². The Kier molecular flexibility index (Phi) is 3.51. The summed E-state index contributed by atoms with van der Waals surface area (Å²) < 4.78 is 9.96. The number of carbonyl (C=O) groups excluding carboxylic acids is 1. The van der Waals surface area contributed by atoms with Crippen LogP contribution in [0.2, 0.25) is 0 Å². The summed E-state index contributed by atoms with van der Waals surface area (Å²) in [5, 5.41) is 2.18. The van der Waals surface area contributed by atoms with Gasteiger partial charge in [-0.2, -0.15) is 0 Å². The zero-order chi connectivity index (χ0) is 13.1. The summed E-state index contributed by atoms with van der Waals surface area (Å²) in [5.74, 6) is 0.327. The maximum absolute atomic E-state index is 11.5. The fourth-order valence-electron chi connectivity index (χ4n) is 1.95. The van der Waals surface area contributed by atoms with Crippen LogP contribution in [0.5, 0.6) is 5.75 Å². The Morgan fingerprint density at radius 2 is 1.78 bits per heavy atom. The number of ether oxygens (including phenoxy) is 2. The molecule has 0 aliphatic rings. The van der Waals surface area contributed by atoms with Gasteiger partial charge in [0.2, 0.25) is 0 Å². The van der Waals surface area contributed by atoms with Crippen LogP contribution < -0.4 is 4.74 Å². The van der Waals surface area contributed by atoms with Crippen LogP contribution in [0.4, 0.5) is 0 Å². The number of fused-ring (bicyclic) bond motifs is 1. The van der Waals surface area contributed by atoms with Gasteiger partial charge in [-0.1, -0.05) is 24.3 Å². The lowest BCUT2D eigenvalue weighted by Gasteiger charge is -2.11. The minimum atomic E-state index is -0.259. The highest BCUT2D eigenvalue weighted by Gasteiger charge is 2.15. The SMILES string of the molecule is COC(=O)[C@@H](C)c1ccc2ccc(OC)cc2c1. The first kappa shape index (κ1) is 12.4. The van der Waals surface area contributed by atoms with Gasteiger partial charge in [0, 0.05) is 0 Å². The second-order valence-electron chi connectivity index (χ2n) is 4.22. The molecule has 0 heterocycles. The van der Waals surface area contributed by atoms with Gasteiger partial charge in [-0.15, -0.1) is 0 Å². The summed E-state index contributed by atoms with van der Waals surface area (Å²) >= 11 is 0. The second-order valence-corrected chi connectivity index (χ2v) is 4.22. The van der Waals surface area contributed by atoms with Crippen molar-refractivity contribution in [1.82, 2.24) is 0 Å². The lowest BCUT2D eigenvalue weighted by atomic mass is 9.98. The number of rotatable bonds is 3. The predicted octanol–water partition coefficient (Wildman–Crippen LogP) is 3.12. The van der Waals surface area contributed by atoms with Crippen molar-refractivity contribution in [3.8, 4) is 5.75 Å². The van der Waals surface area contributed by atoms with E-state index in [9.17, 15) is 4.79 Å². The third-order valence-electron chi connectivity index (χ3n) is 3.13. The molecule has 2 aromatic rings. The van der Waals surface area contributed by atoms with Crippen LogP contribution in [-0.4, -0.2) is 20.2 Å². The molecular weight excluding hydrogens is 228 g/mol. The normalized spacial score (nSPS) is 12.2. The van der Waals surface area contributed by atoms with Crippen molar-refractivity contribution in [3.05, 3.63) is 42.0 Å². The predicted molar refractivity (Wildman–Crippen MR) is 70.9 cm³/mol. The summed E-state index contributed by atoms with van der Waals surface area (Å²) in [4.78, 5) is 11.5. The molecule has 0 aliphatic carbocycles. The number of hydrogen-bond donors (Lipinski definition) is 0. The lowest BCUT2D eigenvalue weighted by molar-refractivity contribution is -0.141. The van der Waals surface area contributed by atoms with E-state index in [1.54, 1.807) is 7.11 Å². The van der Waals surface area contributed by atoms with Crippen LogP contribution in [-0.2, 0) is 9.53 Å². The molecule has 0 aliphatic heterocycles. The minimum Gasteiger partial charge on any atom is -0.497 e. The Morgan fingerprint density at radius 3 is 2.44 bits per heavy atom. The second kappa shape index (κ2) is 5.08. The first-order valence-corrected chi connectivity index (χ1v) is 5.81. The molecule has 2 aromatic carbocycles. The summed E-state index contributed by atoms with van der Waals surface area (Å²) in [6, 6.07) is 11.8. The quantitative estimate of drug-likeness (QED) is 0.778. The van der Waals surface area contributed by atoms with Crippen molar-refractivity contribution >= 4 is 16.7 Å². The highest BCUT2D eigenvalue weighted by atomic mass is 16.5. The Hall–Kier alpha value is -2.03. The molecule has 3 heteroatoms. The fourth-order valence-corrected chi connectivity index (χ4v) is 1.95. The molecule has 2 rings (SSSR count). The number of esters is 1. The summed E-state index contributed by atoms with van der Waals surface area (Å²) in [6.45, 7) is 1.84. The van der Waals surface area contributed by atoms with E-state index < -0.39 is 0 Å². The molecule has 3 nitrogen and oxygen atoms in total. The molecule has 0 bridgehead atoms. The van der Waals surface area contributed by atoms with Gasteiger partial charge in [0.1, 0.15) is 5.75 Å². The Morgan fingerprint density at radius 1 is 1.06 bits per heavy atom. The Labute approximate surface area is 106 Å². The van der Waals surface area contributed by atoms with Gasteiger partial charge in [-0.25, -0.2) is 0 Å². The fraction of sp³-hybridized carbons (Fsp3) is 0.267. The molecular formula is C15H16O3. The third-order valence-corrected chi connectivity index (χ3v) is 3.13. The van der Waals surface area contributed by atoms with E-state index in [1.165, 1.54) is 7.11 Å².